The number of hydrogen-bond acceptors (Lipinski definition) is 4. The zero-order chi connectivity index (χ0) is 24.0. The molecule has 2 saturated heterocycles. The Morgan fingerprint density at radius 1 is 1.18 bits per heavy atom. The molecule has 3 aliphatic rings. The molecule has 34 heavy (non-hydrogen) atoms. The lowest BCUT2D eigenvalue weighted by Crippen LogP contribution is -2.46. The van der Waals surface area contributed by atoms with Crippen molar-refractivity contribution in [2.75, 3.05) is 11.5 Å². The highest BCUT2D eigenvalue weighted by molar-refractivity contribution is 7.85. The second kappa shape index (κ2) is 8.95. The summed E-state index contributed by atoms with van der Waals surface area (Å²) in [7, 11) is -0.829. The molecule has 0 amide bonds. The van der Waals surface area contributed by atoms with E-state index in [0.717, 1.165) is 25.0 Å². The zero-order valence-electron chi connectivity index (χ0n) is 18.7. The number of pyridine rings is 1. The van der Waals surface area contributed by atoms with Gasteiger partial charge in [0.15, 0.2) is 0 Å². The molecule has 0 radical (unpaired) electrons. The van der Waals surface area contributed by atoms with E-state index in [1.54, 1.807) is 24.4 Å². The number of rotatable bonds is 3. The Balaban J connectivity index is 1.38. The average molecular weight is 490 g/mol. The number of cyclic esters (lactones) is 1. The minimum Gasteiger partial charge on any atom is -0.462 e. The predicted octanol–water partition coefficient (Wildman–Crippen LogP) is 5.36. The van der Waals surface area contributed by atoms with E-state index in [1.807, 2.05) is 13.0 Å². The number of carbonyl (C=O) groups excluding carboxylic acids is 1. The Labute approximate surface area is 199 Å². The van der Waals surface area contributed by atoms with Crippen LogP contribution in [0, 0.1) is 29.6 Å². The van der Waals surface area contributed by atoms with Crippen LogP contribution in [0.5, 0.6) is 0 Å². The number of hydrogen-bond donors (Lipinski definition) is 0. The van der Waals surface area contributed by atoms with Crippen LogP contribution in [0.3, 0.4) is 0 Å². The number of alkyl halides is 3. The third-order valence-corrected chi connectivity index (χ3v) is 9.08. The molecule has 4 nitrogen and oxygen atoms in total. The maximum atomic E-state index is 13.0. The standard InChI is InChI=1S/C26H26F3NO3S/c1-15-24-22(21-9-10-34(32)14-18(21)12-23(24)25(31)33-15)8-7-20-6-5-17(13-30-20)16-3-2-4-19(11-16)26(27,28)29/h2-8,11,13,15,18,21-24H,9-10,12,14H2,1H3/b8-7+/t15-,18?,21?,22?,23?,24?,34?/m1/s1. The molecule has 3 fully saturated rings. The number of halogens is 3. The van der Waals surface area contributed by atoms with Gasteiger partial charge in [0, 0.05) is 40.0 Å². The Bertz CT molecular complexity index is 1130. The topological polar surface area (TPSA) is 56.3 Å². The van der Waals surface area contributed by atoms with E-state index in [2.05, 4.69) is 11.1 Å². The van der Waals surface area contributed by atoms with Gasteiger partial charge in [0.1, 0.15) is 6.10 Å². The van der Waals surface area contributed by atoms with E-state index in [9.17, 15) is 22.2 Å². The van der Waals surface area contributed by atoms with Crippen molar-refractivity contribution in [3.8, 4) is 11.1 Å². The van der Waals surface area contributed by atoms with Crippen LogP contribution in [0.4, 0.5) is 13.2 Å². The maximum absolute atomic E-state index is 13.0. The average Bonchev–Trinajstić information content (AvgIpc) is 3.09. The summed E-state index contributed by atoms with van der Waals surface area (Å²) in [5.74, 6) is 1.87. The number of allylic oxidation sites excluding steroid dienone is 1. The largest absolute Gasteiger partial charge is 0.462 e. The van der Waals surface area contributed by atoms with E-state index in [-0.39, 0.29) is 35.7 Å². The quantitative estimate of drug-likeness (QED) is 0.545. The fourth-order valence-electron chi connectivity index (χ4n) is 6.01. The van der Waals surface area contributed by atoms with Gasteiger partial charge in [-0.15, -0.1) is 0 Å². The smallest absolute Gasteiger partial charge is 0.416 e. The van der Waals surface area contributed by atoms with Gasteiger partial charge in [0.05, 0.1) is 17.2 Å². The molecule has 7 atom stereocenters. The number of esters is 1. The Kier molecular flexibility index (Phi) is 6.12. The molecule has 6 unspecified atom stereocenters. The molecule has 180 valence electrons. The summed E-state index contributed by atoms with van der Waals surface area (Å²) in [6.45, 7) is 1.95. The van der Waals surface area contributed by atoms with Gasteiger partial charge in [0.2, 0.25) is 0 Å². The van der Waals surface area contributed by atoms with E-state index in [4.69, 9.17) is 4.74 Å². The van der Waals surface area contributed by atoms with Crippen LogP contribution in [0.1, 0.15) is 31.0 Å². The van der Waals surface area contributed by atoms with Gasteiger partial charge in [-0.2, -0.15) is 13.2 Å². The lowest BCUT2D eigenvalue weighted by atomic mass is 9.60. The van der Waals surface area contributed by atoms with Crippen molar-refractivity contribution in [1.29, 1.82) is 0 Å². The van der Waals surface area contributed by atoms with Crippen LogP contribution in [0.25, 0.3) is 17.2 Å². The Hall–Kier alpha value is -2.48. The zero-order valence-corrected chi connectivity index (χ0v) is 19.5. The Morgan fingerprint density at radius 2 is 2.00 bits per heavy atom. The molecule has 5 rings (SSSR count). The fourth-order valence-corrected chi connectivity index (χ4v) is 7.57. The first-order valence-electron chi connectivity index (χ1n) is 11.6. The summed E-state index contributed by atoms with van der Waals surface area (Å²) < 4.78 is 56.9. The van der Waals surface area contributed by atoms with Crippen LogP contribution in [-0.2, 0) is 26.5 Å². The molecular formula is C26H26F3NO3S. The highest BCUT2D eigenvalue weighted by Gasteiger charge is 2.54. The van der Waals surface area contributed by atoms with Crippen LogP contribution in [0.15, 0.2) is 48.7 Å². The molecule has 1 aromatic carbocycles. The van der Waals surface area contributed by atoms with Crippen molar-refractivity contribution >= 4 is 22.8 Å². The van der Waals surface area contributed by atoms with E-state index >= 15 is 0 Å². The van der Waals surface area contributed by atoms with Crippen molar-refractivity contribution in [3.63, 3.8) is 0 Å². The van der Waals surface area contributed by atoms with Crippen LogP contribution in [-0.4, -0.2) is 32.8 Å². The molecule has 0 N–H and O–H groups in total. The Morgan fingerprint density at radius 3 is 2.74 bits per heavy atom. The SMILES string of the molecule is C[C@H]1OC(=O)C2CC3CS(=O)CCC3C(/C=C/c3ccc(-c4cccc(C(F)(F)F)c4)cn3)C21. The first-order chi connectivity index (χ1) is 16.2. The van der Waals surface area contributed by atoms with E-state index in [0.29, 0.717) is 34.2 Å². The normalized spacial score (nSPS) is 33.4. The number of fused-ring (bicyclic) bond motifs is 2. The summed E-state index contributed by atoms with van der Waals surface area (Å²) in [6, 6.07) is 8.77. The van der Waals surface area contributed by atoms with Gasteiger partial charge in [-0.3, -0.25) is 14.0 Å². The summed E-state index contributed by atoms with van der Waals surface area (Å²) in [6.07, 6.45) is 2.70. The number of nitrogens with zero attached hydrogens (tertiary/aromatic N) is 1. The summed E-state index contributed by atoms with van der Waals surface area (Å²) >= 11 is 0. The van der Waals surface area contributed by atoms with Crippen molar-refractivity contribution in [3.05, 3.63) is 59.9 Å². The van der Waals surface area contributed by atoms with Gasteiger partial charge in [-0.05, 0) is 67.4 Å². The highest BCUT2D eigenvalue weighted by atomic mass is 32.2. The third kappa shape index (κ3) is 4.44. The van der Waals surface area contributed by atoms with Crippen LogP contribution < -0.4 is 0 Å². The number of carbonyl (C=O) groups is 1. The van der Waals surface area contributed by atoms with Gasteiger partial charge < -0.3 is 4.74 Å². The lowest BCUT2D eigenvalue weighted by Gasteiger charge is -2.45. The predicted molar refractivity (Wildman–Crippen MR) is 124 cm³/mol. The second-order valence-electron chi connectivity index (χ2n) is 9.57. The minimum atomic E-state index is -4.39. The second-order valence-corrected chi connectivity index (χ2v) is 11.2. The summed E-state index contributed by atoms with van der Waals surface area (Å²) in [5.41, 5.74) is 1.08. The number of benzene rings is 1. The van der Waals surface area contributed by atoms with Gasteiger partial charge >= 0.3 is 12.1 Å². The highest BCUT2D eigenvalue weighted by Crippen LogP contribution is 2.51. The number of ether oxygens (including phenoxy) is 1. The van der Waals surface area contributed by atoms with Gasteiger partial charge in [-0.1, -0.05) is 24.3 Å². The molecule has 2 aliphatic heterocycles. The molecule has 0 bridgehead atoms. The van der Waals surface area contributed by atoms with E-state index < -0.39 is 22.5 Å². The molecule has 8 heteroatoms. The molecule has 0 spiro atoms. The molecule has 1 aliphatic carbocycles. The molecule has 1 saturated carbocycles. The first-order valence-corrected chi connectivity index (χ1v) is 13.1. The van der Waals surface area contributed by atoms with Crippen molar-refractivity contribution in [2.45, 2.75) is 32.0 Å². The molecular weight excluding hydrogens is 463 g/mol. The fraction of sp³-hybridized carbons (Fsp3) is 0.462. The van der Waals surface area contributed by atoms with Crippen molar-refractivity contribution < 1.29 is 26.9 Å². The van der Waals surface area contributed by atoms with Gasteiger partial charge in [-0.25, -0.2) is 0 Å². The molecule has 3 heterocycles. The van der Waals surface area contributed by atoms with Crippen molar-refractivity contribution in [2.24, 2.45) is 29.6 Å². The van der Waals surface area contributed by atoms with Crippen molar-refractivity contribution in [1.82, 2.24) is 4.98 Å². The monoisotopic (exact) mass is 489 g/mol. The minimum absolute atomic E-state index is 0.0981. The van der Waals surface area contributed by atoms with E-state index in [1.165, 1.54) is 6.07 Å². The summed E-state index contributed by atoms with van der Waals surface area (Å²) in [5, 5.41) is 0. The number of aromatic nitrogens is 1. The third-order valence-electron chi connectivity index (χ3n) is 7.59. The lowest BCUT2D eigenvalue weighted by molar-refractivity contribution is -0.144. The molecule has 1 aromatic heterocycles. The van der Waals surface area contributed by atoms with Gasteiger partial charge in [0.25, 0.3) is 0 Å². The summed E-state index contributed by atoms with van der Waals surface area (Å²) in [4.78, 5) is 16.9. The maximum Gasteiger partial charge on any atom is 0.416 e. The van der Waals surface area contributed by atoms with Crippen LogP contribution in [0.2, 0.25) is 0 Å². The first kappa shape index (κ1) is 23.3. The molecule has 2 aromatic rings. The van der Waals surface area contributed by atoms with Crippen LogP contribution >= 0.6 is 0 Å².